The van der Waals surface area contributed by atoms with Crippen molar-refractivity contribution in [2.45, 2.75) is 13.0 Å². The smallest absolute Gasteiger partial charge is 0.224 e. The lowest BCUT2D eigenvalue weighted by Crippen LogP contribution is -2.48. The number of carbonyl (C=O) groups is 1. The van der Waals surface area contributed by atoms with Crippen molar-refractivity contribution in [2.75, 3.05) is 38.0 Å². The van der Waals surface area contributed by atoms with Crippen molar-refractivity contribution >= 4 is 34.8 Å². The average molecular weight is 392 g/mol. The number of hydrogen-bond acceptors (Lipinski definition) is 3. The zero-order valence-corrected chi connectivity index (χ0v) is 16.1. The number of anilines is 1. The molecule has 1 fully saturated rings. The quantitative estimate of drug-likeness (QED) is 0.803. The molecule has 2 aromatic rings. The van der Waals surface area contributed by atoms with Gasteiger partial charge in [-0.15, -0.1) is 0 Å². The fourth-order valence-corrected chi connectivity index (χ4v) is 3.45. The van der Waals surface area contributed by atoms with E-state index < -0.39 is 0 Å². The van der Waals surface area contributed by atoms with E-state index in [9.17, 15) is 4.79 Å². The van der Waals surface area contributed by atoms with Gasteiger partial charge in [-0.25, -0.2) is 0 Å². The number of nitrogens with zero attached hydrogens (tertiary/aromatic N) is 2. The third kappa shape index (κ3) is 5.37. The molecule has 0 aromatic heterocycles. The molecule has 26 heavy (non-hydrogen) atoms. The van der Waals surface area contributed by atoms with Gasteiger partial charge in [0, 0.05) is 50.7 Å². The van der Waals surface area contributed by atoms with Crippen LogP contribution < -0.4 is 5.32 Å². The molecule has 0 aliphatic carbocycles. The summed E-state index contributed by atoms with van der Waals surface area (Å²) in [5.74, 6) is 0.176. The number of piperazine rings is 1. The molecular formula is C20H23Cl2N3O. The number of nitrogens with one attached hydrogen (secondary N) is 1. The number of rotatable bonds is 6. The van der Waals surface area contributed by atoms with Gasteiger partial charge in [-0.2, -0.15) is 0 Å². The molecule has 0 unspecified atom stereocenters. The van der Waals surface area contributed by atoms with E-state index in [0.717, 1.165) is 38.4 Å². The summed E-state index contributed by atoms with van der Waals surface area (Å²) in [6, 6.07) is 15.7. The summed E-state index contributed by atoms with van der Waals surface area (Å²) in [4.78, 5) is 16.8. The Bertz CT molecular complexity index is 731. The summed E-state index contributed by atoms with van der Waals surface area (Å²) < 4.78 is 0. The third-order valence-electron chi connectivity index (χ3n) is 4.56. The van der Waals surface area contributed by atoms with Gasteiger partial charge in [0.1, 0.15) is 0 Å². The topological polar surface area (TPSA) is 35.6 Å². The third-order valence-corrected chi connectivity index (χ3v) is 5.12. The normalized spacial score (nSPS) is 15.1. The predicted octanol–water partition coefficient (Wildman–Crippen LogP) is 4.14. The second-order valence-electron chi connectivity index (χ2n) is 6.44. The fourth-order valence-electron chi connectivity index (χ4n) is 3.09. The van der Waals surface area contributed by atoms with Crippen molar-refractivity contribution in [3.05, 3.63) is 64.1 Å². The van der Waals surface area contributed by atoms with Crippen LogP contribution in [0.2, 0.25) is 10.0 Å². The van der Waals surface area contributed by atoms with Crippen LogP contribution in [-0.4, -0.2) is 48.4 Å². The van der Waals surface area contributed by atoms with E-state index in [4.69, 9.17) is 23.2 Å². The van der Waals surface area contributed by atoms with Crippen molar-refractivity contribution in [1.29, 1.82) is 0 Å². The van der Waals surface area contributed by atoms with E-state index in [1.807, 2.05) is 11.0 Å². The molecule has 4 nitrogen and oxygen atoms in total. The molecule has 1 aliphatic rings. The van der Waals surface area contributed by atoms with Gasteiger partial charge in [0.2, 0.25) is 5.91 Å². The Kier molecular flexibility index (Phi) is 6.78. The number of hydrogen-bond donors (Lipinski definition) is 1. The molecule has 6 heteroatoms. The maximum Gasteiger partial charge on any atom is 0.224 e. The van der Waals surface area contributed by atoms with E-state index in [-0.39, 0.29) is 5.91 Å². The van der Waals surface area contributed by atoms with E-state index >= 15 is 0 Å². The standard InChI is InChI=1S/C20H23Cl2N3O/c21-17-6-7-18(22)19(14-17)23-9-8-20(26)25-12-10-24(11-13-25)15-16-4-2-1-3-5-16/h1-7,14,23H,8-13,15H2. The summed E-state index contributed by atoms with van der Waals surface area (Å²) >= 11 is 12.1. The number of amides is 1. The monoisotopic (exact) mass is 391 g/mol. The van der Waals surface area contributed by atoms with E-state index in [0.29, 0.717) is 23.0 Å². The summed E-state index contributed by atoms with van der Waals surface area (Å²) in [7, 11) is 0. The Labute approximate surface area is 164 Å². The Morgan fingerprint density at radius 2 is 1.73 bits per heavy atom. The highest BCUT2D eigenvalue weighted by Crippen LogP contribution is 2.25. The Hall–Kier alpha value is -1.75. The number of benzene rings is 2. The maximum atomic E-state index is 12.4. The highest BCUT2D eigenvalue weighted by atomic mass is 35.5. The van der Waals surface area contributed by atoms with Gasteiger partial charge < -0.3 is 10.2 Å². The van der Waals surface area contributed by atoms with Crippen LogP contribution in [0.1, 0.15) is 12.0 Å². The first-order valence-electron chi connectivity index (χ1n) is 8.85. The summed E-state index contributed by atoms with van der Waals surface area (Å²) in [5, 5.41) is 4.42. The zero-order chi connectivity index (χ0) is 18.4. The second-order valence-corrected chi connectivity index (χ2v) is 7.29. The Morgan fingerprint density at radius 1 is 1.00 bits per heavy atom. The first kappa shape index (κ1) is 19.0. The molecule has 1 amide bonds. The van der Waals surface area contributed by atoms with Crippen LogP contribution in [0.3, 0.4) is 0 Å². The fraction of sp³-hybridized carbons (Fsp3) is 0.350. The van der Waals surface area contributed by atoms with Crippen LogP contribution in [0, 0.1) is 0 Å². The van der Waals surface area contributed by atoms with Crippen LogP contribution in [0.5, 0.6) is 0 Å². The average Bonchev–Trinajstić information content (AvgIpc) is 2.66. The van der Waals surface area contributed by atoms with Gasteiger partial charge in [0.05, 0.1) is 10.7 Å². The SMILES string of the molecule is O=C(CCNc1cc(Cl)ccc1Cl)N1CCN(Cc2ccccc2)CC1. The lowest BCUT2D eigenvalue weighted by Gasteiger charge is -2.34. The van der Waals surface area contributed by atoms with Crippen LogP contribution in [0.15, 0.2) is 48.5 Å². The van der Waals surface area contributed by atoms with Gasteiger partial charge in [0.25, 0.3) is 0 Å². The molecule has 0 atom stereocenters. The van der Waals surface area contributed by atoms with Crippen molar-refractivity contribution < 1.29 is 4.79 Å². The highest BCUT2D eigenvalue weighted by Gasteiger charge is 2.20. The molecule has 0 saturated carbocycles. The maximum absolute atomic E-state index is 12.4. The van der Waals surface area contributed by atoms with Crippen molar-refractivity contribution in [1.82, 2.24) is 9.80 Å². The first-order chi connectivity index (χ1) is 12.6. The van der Waals surface area contributed by atoms with Gasteiger partial charge >= 0.3 is 0 Å². The molecule has 1 N–H and O–H groups in total. The van der Waals surface area contributed by atoms with E-state index in [2.05, 4.69) is 34.5 Å². The van der Waals surface area contributed by atoms with Crippen molar-refractivity contribution in [2.24, 2.45) is 0 Å². The minimum Gasteiger partial charge on any atom is -0.383 e. The molecule has 1 heterocycles. The predicted molar refractivity (Wildman–Crippen MR) is 108 cm³/mol. The van der Waals surface area contributed by atoms with Crippen LogP contribution in [-0.2, 0) is 11.3 Å². The molecule has 0 spiro atoms. The number of halogens is 2. The summed E-state index contributed by atoms with van der Waals surface area (Å²) in [6.45, 7) is 4.87. The van der Waals surface area contributed by atoms with Crippen LogP contribution in [0.25, 0.3) is 0 Å². The van der Waals surface area contributed by atoms with E-state index in [1.165, 1.54) is 5.56 Å². The van der Waals surface area contributed by atoms with Gasteiger partial charge in [-0.05, 0) is 23.8 Å². The largest absolute Gasteiger partial charge is 0.383 e. The second kappa shape index (κ2) is 9.26. The molecule has 0 radical (unpaired) electrons. The lowest BCUT2D eigenvalue weighted by molar-refractivity contribution is -0.132. The molecule has 3 rings (SSSR count). The molecule has 2 aromatic carbocycles. The van der Waals surface area contributed by atoms with Crippen molar-refractivity contribution in [3.63, 3.8) is 0 Å². The molecule has 1 saturated heterocycles. The van der Waals surface area contributed by atoms with Gasteiger partial charge in [0.15, 0.2) is 0 Å². The van der Waals surface area contributed by atoms with Crippen LogP contribution in [0.4, 0.5) is 5.69 Å². The minimum atomic E-state index is 0.176. The molecule has 1 aliphatic heterocycles. The number of carbonyl (C=O) groups excluding carboxylic acids is 1. The highest BCUT2D eigenvalue weighted by molar-refractivity contribution is 6.35. The van der Waals surface area contributed by atoms with Gasteiger partial charge in [-0.3, -0.25) is 9.69 Å². The van der Waals surface area contributed by atoms with Crippen molar-refractivity contribution in [3.8, 4) is 0 Å². The first-order valence-corrected chi connectivity index (χ1v) is 9.60. The Morgan fingerprint density at radius 3 is 2.46 bits per heavy atom. The Balaban J connectivity index is 1.40. The van der Waals surface area contributed by atoms with Crippen LogP contribution >= 0.6 is 23.2 Å². The molecular weight excluding hydrogens is 369 g/mol. The summed E-state index contributed by atoms with van der Waals surface area (Å²) in [5.41, 5.74) is 2.08. The van der Waals surface area contributed by atoms with E-state index in [1.54, 1.807) is 18.2 Å². The van der Waals surface area contributed by atoms with Gasteiger partial charge in [-0.1, -0.05) is 53.5 Å². The zero-order valence-electron chi connectivity index (χ0n) is 14.6. The molecule has 138 valence electrons. The molecule has 0 bridgehead atoms. The lowest BCUT2D eigenvalue weighted by atomic mass is 10.2. The minimum absolute atomic E-state index is 0.176. The summed E-state index contributed by atoms with van der Waals surface area (Å²) in [6.07, 6.45) is 0.446.